The Hall–Kier alpha value is -1.83. The molecule has 0 spiro atoms. The lowest BCUT2D eigenvalue weighted by Crippen LogP contribution is -2.27. The van der Waals surface area contributed by atoms with Gasteiger partial charge < -0.3 is 4.74 Å². The van der Waals surface area contributed by atoms with Crippen molar-refractivity contribution in [2.24, 2.45) is 0 Å². The van der Waals surface area contributed by atoms with Crippen LogP contribution < -0.4 is 4.74 Å². The number of carbonyl (C=O) groups is 1. The van der Waals surface area contributed by atoms with Crippen molar-refractivity contribution < 1.29 is 9.53 Å². The minimum absolute atomic E-state index is 0.0807. The molecular weight excluding hydrogens is 236 g/mol. The molecule has 0 aliphatic heterocycles. The molecule has 1 aliphatic rings. The fourth-order valence-corrected chi connectivity index (χ4v) is 2.89. The van der Waals surface area contributed by atoms with Crippen LogP contribution in [0.15, 0.2) is 30.3 Å². The predicted molar refractivity (Wildman–Crippen MR) is 77.1 cm³/mol. The molecule has 2 heteroatoms. The Balaban J connectivity index is 2.29. The number of carbonyl (C=O) groups excluding carboxylic acids is 1. The number of benzene rings is 2. The van der Waals surface area contributed by atoms with Gasteiger partial charge >= 0.3 is 0 Å². The first-order valence-electron chi connectivity index (χ1n) is 6.67. The molecule has 0 heterocycles. The van der Waals surface area contributed by atoms with E-state index in [4.69, 9.17) is 4.74 Å². The second kappa shape index (κ2) is 4.09. The monoisotopic (exact) mass is 254 g/mol. The molecule has 2 aromatic rings. The summed E-state index contributed by atoms with van der Waals surface area (Å²) < 4.78 is 5.25. The summed E-state index contributed by atoms with van der Waals surface area (Å²) in [5, 5.41) is 2.24. The van der Waals surface area contributed by atoms with Crippen LogP contribution in [0.25, 0.3) is 10.8 Å². The third-order valence-electron chi connectivity index (χ3n) is 4.19. The highest BCUT2D eigenvalue weighted by Crippen LogP contribution is 2.39. The molecule has 1 aliphatic carbocycles. The van der Waals surface area contributed by atoms with Crippen molar-refractivity contribution in [3.8, 4) is 5.75 Å². The topological polar surface area (TPSA) is 26.3 Å². The van der Waals surface area contributed by atoms with Gasteiger partial charge in [0, 0.05) is 12.0 Å². The summed E-state index contributed by atoms with van der Waals surface area (Å²) >= 11 is 0. The Morgan fingerprint density at radius 2 is 1.89 bits per heavy atom. The average Bonchev–Trinajstić information content (AvgIpc) is 2.41. The summed E-state index contributed by atoms with van der Waals surface area (Å²) in [6.07, 6.45) is 1.58. The third-order valence-corrected chi connectivity index (χ3v) is 4.19. The molecule has 0 N–H and O–H groups in total. The van der Waals surface area contributed by atoms with Crippen molar-refractivity contribution >= 4 is 16.6 Å². The zero-order valence-corrected chi connectivity index (χ0v) is 11.6. The highest BCUT2D eigenvalue weighted by molar-refractivity contribution is 6.03. The minimum Gasteiger partial charge on any atom is -0.497 e. The number of fused-ring (bicyclic) bond motifs is 2. The van der Waals surface area contributed by atoms with Gasteiger partial charge in [0.15, 0.2) is 5.78 Å². The van der Waals surface area contributed by atoms with Crippen LogP contribution in [0.4, 0.5) is 0 Å². The van der Waals surface area contributed by atoms with Crippen molar-refractivity contribution in [3.05, 3.63) is 41.5 Å². The van der Waals surface area contributed by atoms with E-state index in [9.17, 15) is 4.79 Å². The van der Waals surface area contributed by atoms with Crippen molar-refractivity contribution in [1.82, 2.24) is 0 Å². The standard InChI is InChI=1S/C17H18O2/c1-17(2)7-6-16(18)14-9-12-8-13(19-3)5-4-11(12)10-15(14)17/h4-5,8-10H,6-7H2,1-3H3. The zero-order valence-electron chi connectivity index (χ0n) is 11.6. The van der Waals surface area contributed by atoms with E-state index >= 15 is 0 Å². The third kappa shape index (κ3) is 1.92. The Kier molecular flexibility index (Phi) is 2.63. The molecule has 2 nitrogen and oxygen atoms in total. The first kappa shape index (κ1) is 12.2. The van der Waals surface area contributed by atoms with E-state index in [1.54, 1.807) is 7.11 Å². The van der Waals surface area contributed by atoms with Crippen molar-refractivity contribution in [2.45, 2.75) is 32.1 Å². The summed E-state index contributed by atoms with van der Waals surface area (Å²) in [5.74, 6) is 1.09. The highest BCUT2D eigenvalue weighted by atomic mass is 16.5. The van der Waals surface area contributed by atoms with Gasteiger partial charge in [-0.15, -0.1) is 0 Å². The number of methoxy groups -OCH3 is 1. The second-order valence-corrected chi connectivity index (χ2v) is 5.92. The summed E-state index contributed by atoms with van der Waals surface area (Å²) in [5.41, 5.74) is 2.15. The van der Waals surface area contributed by atoms with E-state index in [1.165, 1.54) is 10.9 Å². The summed E-state index contributed by atoms with van der Waals surface area (Å²) in [4.78, 5) is 12.1. The maximum absolute atomic E-state index is 12.1. The smallest absolute Gasteiger partial charge is 0.163 e. The first-order valence-corrected chi connectivity index (χ1v) is 6.67. The number of ketones is 1. The van der Waals surface area contributed by atoms with Gasteiger partial charge in [-0.25, -0.2) is 0 Å². The molecule has 0 atom stereocenters. The molecule has 0 bridgehead atoms. The number of Topliss-reactive ketones (excluding diaryl/α,β-unsaturated/α-hetero) is 1. The first-order chi connectivity index (χ1) is 9.01. The average molecular weight is 254 g/mol. The molecule has 3 rings (SSSR count). The van der Waals surface area contributed by atoms with Gasteiger partial charge in [0.05, 0.1) is 7.11 Å². The molecular formula is C17H18O2. The van der Waals surface area contributed by atoms with Gasteiger partial charge in [-0.05, 0) is 52.4 Å². The van der Waals surface area contributed by atoms with Crippen LogP contribution in [-0.4, -0.2) is 12.9 Å². The van der Waals surface area contributed by atoms with Gasteiger partial charge in [-0.3, -0.25) is 4.79 Å². The van der Waals surface area contributed by atoms with E-state index in [2.05, 4.69) is 26.0 Å². The summed E-state index contributed by atoms with van der Waals surface area (Å²) in [7, 11) is 1.66. The SMILES string of the molecule is COc1ccc2cc3c(cc2c1)C(=O)CCC3(C)C. The van der Waals surface area contributed by atoms with E-state index in [1.807, 2.05) is 18.2 Å². The van der Waals surface area contributed by atoms with Gasteiger partial charge in [0.25, 0.3) is 0 Å². The lowest BCUT2D eigenvalue weighted by atomic mass is 9.71. The Bertz CT molecular complexity index is 668. The molecule has 0 aromatic heterocycles. The Morgan fingerprint density at radius 1 is 1.11 bits per heavy atom. The fourth-order valence-electron chi connectivity index (χ4n) is 2.89. The molecule has 0 unspecified atom stereocenters. The largest absolute Gasteiger partial charge is 0.497 e. The molecule has 98 valence electrons. The summed E-state index contributed by atoms with van der Waals surface area (Å²) in [6, 6.07) is 10.2. The van der Waals surface area contributed by atoms with E-state index in [0.717, 1.165) is 23.1 Å². The minimum atomic E-state index is 0.0807. The normalized spacial score (nSPS) is 17.3. The number of ether oxygens (including phenoxy) is 1. The highest BCUT2D eigenvalue weighted by Gasteiger charge is 2.31. The molecule has 0 amide bonds. The molecule has 2 aromatic carbocycles. The second-order valence-electron chi connectivity index (χ2n) is 5.92. The molecule has 0 saturated carbocycles. The maximum atomic E-state index is 12.1. The predicted octanol–water partition coefficient (Wildman–Crippen LogP) is 4.10. The van der Waals surface area contributed by atoms with Crippen LogP contribution in [0.1, 0.15) is 42.6 Å². The lowest BCUT2D eigenvalue weighted by Gasteiger charge is -2.32. The van der Waals surface area contributed by atoms with E-state index < -0.39 is 0 Å². The van der Waals surface area contributed by atoms with Crippen molar-refractivity contribution in [2.75, 3.05) is 7.11 Å². The van der Waals surface area contributed by atoms with Gasteiger partial charge in [-0.2, -0.15) is 0 Å². The van der Waals surface area contributed by atoms with Crippen molar-refractivity contribution in [1.29, 1.82) is 0 Å². The van der Waals surface area contributed by atoms with Gasteiger partial charge in [0.1, 0.15) is 5.75 Å². The number of hydrogen-bond donors (Lipinski definition) is 0. The number of rotatable bonds is 1. The zero-order chi connectivity index (χ0) is 13.6. The van der Waals surface area contributed by atoms with Crippen LogP contribution in [0.5, 0.6) is 5.75 Å². The summed E-state index contributed by atoms with van der Waals surface area (Å²) in [6.45, 7) is 4.43. The molecule has 19 heavy (non-hydrogen) atoms. The van der Waals surface area contributed by atoms with E-state index in [0.29, 0.717) is 6.42 Å². The van der Waals surface area contributed by atoms with E-state index in [-0.39, 0.29) is 11.2 Å². The van der Waals surface area contributed by atoms with Gasteiger partial charge in [0.2, 0.25) is 0 Å². The Morgan fingerprint density at radius 3 is 2.63 bits per heavy atom. The van der Waals surface area contributed by atoms with Crippen LogP contribution in [0, 0.1) is 0 Å². The van der Waals surface area contributed by atoms with Crippen LogP contribution in [-0.2, 0) is 5.41 Å². The van der Waals surface area contributed by atoms with Crippen LogP contribution >= 0.6 is 0 Å². The lowest BCUT2D eigenvalue weighted by molar-refractivity contribution is 0.0957. The van der Waals surface area contributed by atoms with Crippen molar-refractivity contribution in [3.63, 3.8) is 0 Å². The van der Waals surface area contributed by atoms with Crippen LogP contribution in [0.3, 0.4) is 0 Å². The van der Waals surface area contributed by atoms with Gasteiger partial charge in [-0.1, -0.05) is 19.9 Å². The molecule has 0 radical (unpaired) electrons. The Labute approximate surface area is 113 Å². The molecule has 0 fully saturated rings. The quantitative estimate of drug-likeness (QED) is 0.765. The van der Waals surface area contributed by atoms with Crippen LogP contribution in [0.2, 0.25) is 0 Å². The maximum Gasteiger partial charge on any atom is 0.163 e. The number of hydrogen-bond acceptors (Lipinski definition) is 2. The fraction of sp³-hybridized carbons (Fsp3) is 0.353. The molecule has 0 saturated heterocycles.